The highest BCUT2D eigenvalue weighted by Gasteiger charge is 2.25. The van der Waals surface area contributed by atoms with Crippen molar-refractivity contribution in [3.8, 4) is 0 Å². The van der Waals surface area contributed by atoms with E-state index in [0.29, 0.717) is 0 Å². The maximum Gasteiger partial charge on any atom is 0.101 e. The normalized spacial score (nSPS) is 26.2. The van der Waals surface area contributed by atoms with Crippen molar-refractivity contribution >= 4 is 21.8 Å². The molecule has 1 aromatic carbocycles. The fraction of sp³-hybridized carbons (Fsp3) is 0.0833. The van der Waals surface area contributed by atoms with Gasteiger partial charge in [0.2, 0.25) is 0 Å². The second-order valence-electron chi connectivity index (χ2n) is 3.64. The van der Waals surface area contributed by atoms with Gasteiger partial charge in [-0.3, -0.25) is 4.99 Å². The SMILES string of the molecule is NN=S1C=CN=C1C1C=Cc2ccccc21. The van der Waals surface area contributed by atoms with Crippen molar-refractivity contribution in [1.29, 1.82) is 0 Å². The van der Waals surface area contributed by atoms with Crippen molar-refractivity contribution in [3.63, 3.8) is 0 Å². The van der Waals surface area contributed by atoms with Gasteiger partial charge in [0.15, 0.2) is 0 Å². The Hall–Kier alpha value is -1.52. The number of benzene rings is 1. The molecule has 0 bridgehead atoms. The Morgan fingerprint density at radius 2 is 2.19 bits per heavy atom. The molecule has 2 N–H and O–H groups in total. The van der Waals surface area contributed by atoms with Gasteiger partial charge >= 0.3 is 0 Å². The molecular weight excluding hydrogens is 218 g/mol. The van der Waals surface area contributed by atoms with E-state index in [1.165, 1.54) is 11.1 Å². The highest BCUT2D eigenvalue weighted by molar-refractivity contribution is 8.05. The number of allylic oxidation sites excluding steroid dienone is 1. The molecule has 1 aliphatic carbocycles. The van der Waals surface area contributed by atoms with Crippen LogP contribution in [0.2, 0.25) is 0 Å². The Balaban J connectivity index is 2.04. The fourth-order valence-corrected chi connectivity index (χ4v) is 3.18. The molecule has 0 fully saturated rings. The lowest BCUT2D eigenvalue weighted by Crippen LogP contribution is -2.12. The van der Waals surface area contributed by atoms with Crippen molar-refractivity contribution in [2.45, 2.75) is 5.92 Å². The summed E-state index contributed by atoms with van der Waals surface area (Å²) in [5.74, 6) is 5.63. The molecule has 16 heavy (non-hydrogen) atoms. The zero-order valence-corrected chi connectivity index (χ0v) is 9.39. The molecular formula is C12H11N3S. The monoisotopic (exact) mass is 229 g/mol. The first kappa shape index (κ1) is 9.69. The van der Waals surface area contributed by atoms with Gasteiger partial charge in [0, 0.05) is 11.6 Å². The van der Waals surface area contributed by atoms with Crippen LogP contribution in [0.5, 0.6) is 0 Å². The Bertz CT molecular complexity index is 555. The lowest BCUT2D eigenvalue weighted by Gasteiger charge is -2.11. The van der Waals surface area contributed by atoms with Gasteiger partial charge in [0.25, 0.3) is 0 Å². The Labute approximate surface area is 96.5 Å². The molecule has 0 saturated heterocycles. The number of fused-ring (bicyclic) bond motifs is 1. The quantitative estimate of drug-likeness (QED) is 0.583. The van der Waals surface area contributed by atoms with E-state index in [1.807, 2.05) is 11.5 Å². The number of nitrogens with zero attached hydrogens (tertiary/aromatic N) is 2. The van der Waals surface area contributed by atoms with E-state index in [2.05, 4.69) is 39.8 Å². The summed E-state index contributed by atoms with van der Waals surface area (Å²) in [6.07, 6.45) is 6.10. The molecule has 1 heterocycles. The first-order valence-electron chi connectivity index (χ1n) is 5.06. The first-order valence-corrected chi connectivity index (χ1v) is 6.30. The van der Waals surface area contributed by atoms with Crippen LogP contribution in [-0.2, 0) is 10.7 Å². The second-order valence-corrected chi connectivity index (χ2v) is 5.17. The largest absolute Gasteiger partial charge is 0.251 e. The molecule has 2 unspecified atom stereocenters. The Morgan fingerprint density at radius 1 is 1.31 bits per heavy atom. The summed E-state index contributed by atoms with van der Waals surface area (Å²) in [7, 11) is -0.348. The van der Waals surface area contributed by atoms with Crippen LogP contribution in [-0.4, -0.2) is 5.04 Å². The van der Waals surface area contributed by atoms with Crippen molar-refractivity contribution < 1.29 is 0 Å². The van der Waals surface area contributed by atoms with E-state index in [-0.39, 0.29) is 16.6 Å². The molecule has 2 aliphatic rings. The van der Waals surface area contributed by atoms with Crippen LogP contribution in [0.15, 0.2) is 51.4 Å². The first-order chi connectivity index (χ1) is 7.90. The molecule has 4 heteroatoms. The van der Waals surface area contributed by atoms with Crippen LogP contribution in [0, 0.1) is 0 Å². The standard InChI is InChI=1S/C12H11N3S/c13-15-16-8-7-14-12(16)11-6-5-9-3-1-2-4-10(9)11/h1-8,11H,13H2. The van der Waals surface area contributed by atoms with Gasteiger partial charge in [-0.2, -0.15) is 4.47 Å². The van der Waals surface area contributed by atoms with Crippen molar-refractivity contribution in [2.24, 2.45) is 15.3 Å². The minimum Gasteiger partial charge on any atom is -0.251 e. The lowest BCUT2D eigenvalue weighted by atomic mass is 10.0. The summed E-state index contributed by atoms with van der Waals surface area (Å²) in [5.41, 5.74) is 2.56. The molecule has 0 saturated carbocycles. The van der Waals surface area contributed by atoms with E-state index in [0.717, 1.165) is 5.04 Å². The van der Waals surface area contributed by atoms with Gasteiger partial charge in [0.1, 0.15) is 5.04 Å². The second kappa shape index (κ2) is 3.81. The topological polar surface area (TPSA) is 50.7 Å². The van der Waals surface area contributed by atoms with Crippen LogP contribution < -0.4 is 5.84 Å². The number of nitrogens with two attached hydrogens (primary N) is 1. The van der Waals surface area contributed by atoms with E-state index in [1.54, 1.807) is 6.20 Å². The highest BCUT2D eigenvalue weighted by Crippen LogP contribution is 2.33. The molecule has 0 radical (unpaired) electrons. The minimum absolute atomic E-state index is 0.238. The van der Waals surface area contributed by atoms with Crippen LogP contribution in [0.3, 0.4) is 0 Å². The molecule has 3 rings (SSSR count). The van der Waals surface area contributed by atoms with Gasteiger partial charge in [-0.15, -0.1) is 0 Å². The van der Waals surface area contributed by atoms with E-state index in [9.17, 15) is 0 Å². The fourth-order valence-electron chi connectivity index (χ4n) is 2.05. The predicted molar refractivity (Wildman–Crippen MR) is 68.8 cm³/mol. The van der Waals surface area contributed by atoms with E-state index < -0.39 is 0 Å². The summed E-state index contributed by atoms with van der Waals surface area (Å²) in [6, 6.07) is 8.36. The molecule has 1 aromatic rings. The van der Waals surface area contributed by atoms with Crippen molar-refractivity contribution in [3.05, 3.63) is 53.1 Å². The number of hydrogen-bond acceptors (Lipinski definition) is 2. The lowest BCUT2D eigenvalue weighted by molar-refractivity contribution is 1.19. The van der Waals surface area contributed by atoms with Crippen LogP contribution in [0.4, 0.5) is 0 Å². The molecule has 0 spiro atoms. The molecule has 80 valence electrons. The smallest absolute Gasteiger partial charge is 0.101 e. The molecule has 0 amide bonds. The summed E-state index contributed by atoms with van der Waals surface area (Å²) in [4.78, 5) is 4.39. The van der Waals surface area contributed by atoms with Crippen molar-refractivity contribution in [2.75, 3.05) is 0 Å². The van der Waals surface area contributed by atoms with Crippen molar-refractivity contribution in [1.82, 2.24) is 0 Å². The molecule has 3 nitrogen and oxygen atoms in total. The Morgan fingerprint density at radius 3 is 3.06 bits per heavy atom. The van der Waals surface area contributed by atoms with Gasteiger partial charge in [-0.05, 0) is 21.8 Å². The third kappa shape index (κ3) is 1.38. The minimum atomic E-state index is -0.348. The zero-order valence-electron chi connectivity index (χ0n) is 8.58. The van der Waals surface area contributed by atoms with Crippen LogP contribution in [0.25, 0.3) is 6.08 Å². The number of hydrogen-bond donors (Lipinski definition) is 1. The zero-order chi connectivity index (χ0) is 11.0. The third-order valence-electron chi connectivity index (χ3n) is 2.78. The Kier molecular flexibility index (Phi) is 2.31. The predicted octanol–water partition coefficient (Wildman–Crippen LogP) is 2.36. The summed E-state index contributed by atoms with van der Waals surface area (Å²) < 4.78 is 3.86. The number of aliphatic imine (C=N–C) groups is 1. The molecule has 2 atom stereocenters. The summed E-state index contributed by atoms with van der Waals surface area (Å²) in [5, 5.41) is 2.99. The van der Waals surface area contributed by atoms with Gasteiger partial charge in [0.05, 0.1) is 5.92 Å². The maximum atomic E-state index is 5.39. The average molecular weight is 229 g/mol. The maximum absolute atomic E-state index is 5.39. The van der Waals surface area contributed by atoms with Gasteiger partial charge in [-0.25, -0.2) is 5.84 Å². The van der Waals surface area contributed by atoms with Crippen LogP contribution >= 0.6 is 0 Å². The van der Waals surface area contributed by atoms with Crippen LogP contribution in [0.1, 0.15) is 17.0 Å². The number of rotatable bonds is 1. The highest BCUT2D eigenvalue weighted by atomic mass is 32.2. The summed E-state index contributed by atoms with van der Waals surface area (Å²) in [6.45, 7) is 0. The van der Waals surface area contributed by atoms with Gasteiger partial charge < -0.3 is 0 Å². The van der Waals surface area contributed by atoms with Gasteiger partial charge in [-0.1, -0.05) is 36.4 Å². The molecule has 1 aliphatic heterocycles. The van der Waals surface area contributed by atoms with E-state index in [4.69, 9.17) is 5.84 Å². The van der Waals surface area contributed by atoms with E-state index >= 15 is 0 Å². The average Bonchev–Trinajstić information content (AvgIpc) is 2.94. The third-order valence-corrected chi connectivity index (χ3v) is 4.18. The summed E-state index contributed by atoms with van der Waals surface area (Å²) >= 11 is 0. The molecule has 0 aromatic heterocycles.